The minimum absolute atomic E-state index is 2.77. The van der Waals surface area contributed by atoms with Crippen molar-refractivity contribution in [1.29, 1.82) is 0 Å². The largest absolute Gasteiger partial charge is 0.430 e. The van der Waals surface area contributed by atoms with E-state index in [1.54, 1.807) is 0 Å². The Balaban J connectivity index is 2.84. The van der Waals surface area contributed by atoms with E-state index in [0.29, 0.717) is 0 Å². The summed E-state index contributed by atoms with van der Waals surface area (Å²) in [6, 6.07) is 0. The molecule has 0 aromatic heterocycles. The van der Waals surface area contributed by atoms with Crippen LogP contribution in [0.1, 0.15) is 5.56 Å². The van der Waals surface area contributed by atoms with Crippen LogP contribution in [0, 0.1) is 29.1 Å². The third-order valence-corrected chi connectivity index (χ3v) is 2.61. The SMILES string of the molecule is Fc1c(F)c(F)c(C2(C(F)(F)F)OC2(F)F)c(F)c1F. The van der Waals surface area contributed by atoms with Crippen molar-refractivity contribution in [2.45, 2.75) is 17.9 Å². The lowest BCUT2D eigenvalue weighted by Crippen LogP contribution is -2.37. The molecule has 1 aromatic rings. The van der Waals surface area contributed by atoms with Crippen molar-refractivity contribution in [3.05, 3.63) is 34.6 Å². The molecule has 11 heteroatoms. The van der Waals surface area contributed by atoms with Gasteiger partial charge in [-0.2, -0.15) is 22.0 Å². The molecule has 1 aliphatic heterocycles. The van der Waals surface area contributed by atoms with E-state index >= 15 is 0 Å². The normalized spacial score (nSPS) is 24.9. The molecule has 0 amide bonds. The predicted octanol–water partition coefficient (Wildman–Crippen LogP) is 3.76. The zero-order chi connectivity index (χ0) is 15.7. The van der Waals surface area contributed by atoms with Crippen LogP contribution in [0.5, 0.6) is 0 Å². The van der Waals surface area contributed by atoms with Gasteiger partial charge in [0.25, 0.3) is 5.60 Å². The predicted molar refractivity (Wildman–Crippen MR) is 40.0 cm³/mol. The number of rotatable bonds is 1. The Labute approximate surface area is 102 Å². The van der Waals surface area contributed by atoms with Gasteiger partial charge in [0.05, 0.1) is 5.56 Å². The molecule has 0 bridgehead atoms. The van der Waals surface area contributed by atoms with Gasteiger partial charge in [0.2, 0.25) is 5.82 Å². The molecule has 1 heterocycles. The lowest BCUT2D eigenvalue weighted by atomic mass is 9.96. The molecule has 1 unspecified atom stereocenters. The van der Waals surface area contributed by atoms with E-state index in [0.717, 1.165) is 0 Å². The van der Waals surface area contributed by atoms with Crippen LogP contribution < -0.4 is 0 Å². The van der Waals surface area contributed by atoms with Crippen LogP contribution in [0.2, 0.25) is 0 Å². The van der Waals surface area contributed by atoms with Crippen LogP contribution in [0.15, 0.2) is 0 Å². The smallest absolute Gasteiger partial charge is 0.287 e. The first-order valence-corrected chi connectivity index (χ1v) is 4.55. The Morgan fingerprint density at radius 1 is 0.700 bits per heavy atom. The second kappa shape index (κ2) is 3.77. The quantitative estimate of drug-likeness (QED) is 0.333. The fourth-order valence-electron chi connectivity index (χ4n) is 1.64. The Morgan fingerprint density at radius 2 is 1.00 bits per heavy atom. The molecular weight excluding hydrogens is 314 g/mol. The highest BCUT2D eigenvalue weighted by Crippen LogP contribution is 2.67. The number of benzene rings is 1. The average molecular weight is 314 g/mol. The molecule has 0 radical (unpaired) electrons. The number of ether oxygens (including phenoxy) is 1. The fraction of sp³-hybridized carbons (Fsp3) is 0.333. The Bertz CT molecular complexity index is 562. The van der Waals surface area contributed by atoms with E-state index in [1.165, 1.54) is 0 Å². The first-order valence-electron chi connectivity index (χ1n) is 4.55. The Kier molecular flexibility index (Phi) is 2.81. The first kappa shape index (κ1) is 14.9. The third-order valence-electron chi connectivity index (χ3n) is 2.61. The number of epoxide rings is 1. The number of alkyl halides is 5. The van der Waals surface area contributed by atoms with Crippen molar-refractivity contribution >= 4 is 0 Å². The van der Waals surface area contributed by atoms with Crippen LogP contribution in [0.3, 0.4) is 0 Å². The van der Waals surface area contributed by atoms with Gasteiger partial charge in [-0.1, -0.05) is 0 Å². The summed E-state index contributed by atoms with van der Waals surface area (Å²) in [6.07, 6.45) is -11.3. The van der Waals surface area contributed by atoms with Gasteiger partial charge in [-0.25, -0.2) is 22.0 Å². The van der Waals surface area contributed by atoms with Gasteiger partial charge in [-0.3, -0.25) is 4.74 Å². The zero-order valence-electron chi connectivity index (χ0n) is 8.69. The van der Waals surface area contributed by atoms with Gasteiger partial charge in [0.1, 0.15) is 0 Å². The Hall–Kier alpha value is -1.52. The summed E-state index contributed by atoms with van der Waals surface area (Å²) >= 11 is 0. The topological polar surface area (TPSA) is 12.5 Å². The lowest BCUT2D eigenvalue weighted by molar-refractivity contribution is -0.194. The second-order valence-electron chi connectivity index (χ2n) is 3.74. The highest BCUT2D eigenvalue weighted by Gasteiger charge is 2.89. The van der Waals surface area contributed by atoms with Crippen LogP contribution in [-0.2, 0) is 10.3 Å². The van der Waals surface area contributed by atoms with Crippen molar-refractivity contribution in [1.82, 2.24) is 0 Å². The van der Waals surface area contributed by atoms with Crippen LogP contribution >= 0.6 is 0 Å². The maximum Gasteiger partial charge on any atom is 0.430 e. The standard InChI is InChI=1S/C9F10O/c10-2-1(3(11)5(13)6(14)4(2)12)7(8(15,16)17)9(18,19)20-7. The number of hydrogen-bond acceptors (Lipinski definition) is 1. The van der Waals surface area contributed by atoms with Crippen LogP contribution in [0.4, 0.5) is 43.9 Å². The van der Waals surface area contributed by atoms with Gasteiger partial charge in [-0.15, -0.1) is 0 Å². The molecule has 2 rings (SSSR count). The van der Waals surface area contributed by atoms with Gasteiger partial charge in [-0.05, 0) is 0 Å². The molecular formula is C9F10O. The molecule has 1 atom stereocenters. The van der Waals surface area contributed by atoms with Crippen molar-refractivity contribution in [2.24, 2.45) is 0 Å². The van der Waals surface area contributed by atoms with Gasteiger partial charge < -0.3 is 0 Å². The number of hydrogen-bond donors (Lipinski definition) is 0. The molecule has 1 aromatic carbocycles. The van der Waals surface area contributed by atoms with E-state index in [4.69, 9.17) is 0 Å². The van der Waals surface area contributed by atoms with Crippen LogP contribution in [-0.4, -0.2) is 12.3 Å². The first-order chi connectivity index (χ1) is 8.88. The minimum atomic E-state index is -6.10. The summed E-state index contributed by atoms with van der Waals surface area (Å²) in [6.45, 7) is 0. The molecule has 1 aliphatic rings. The molecule has 112 valence electrons. The van der Waals surface area contributed by atoms with E-state index in [1.807, 2.05) is 0 Å². The Morgan fingerprint density at radius 3 is 1.25 bits per heavy atom. The highest BCUT2D eigenvalue weighted by molar-refractivity contribution is 5.37. The summed E-state index contributed by atoms with van der Waals surface area (Å²) < 4.78 is 131. The van der Waals surface area contributed by atoms with Crippen molar-refractivity contribution in [3.63, 3.8) is 0 Å². The molecule has 1 nitrogen and oxygen atoms in total. The highest BCUT2D eigenvalue weighted by atomic mass is 19.4. The molecule has 20 heavy (non-hydrogen) atoms. The third kappa shape index (κ3) is 1.55. The average Bonchev–Trinajstić information content (AvgIpc) is 2.88. The van der Waals surface area contributed by atoms with Crippen molar-refractivity contribution in [2.75, 3.05) is 0 Å². The maximum atomic E-state index is 13.2. The molecule has 0 aliphatic carbocycles. The minimum Gasteiger partial charge on any atom is -0.287 e. The molecule has 0 spiro atoms. The van der Waals surface area contributed by atoms with Crippen molar-refractivity contribution < 1.29 is 48.6 Å². The van der Waals surface area contributed by atoms with E-state index in [9.17, 15) is 43.9 Å². The van der Waals surface area contributed by atoms with E-state index in [2.05, 4.69) is 4.74 Å². The fourth-order valence-corrected chi connectivity index (χ4v) is 1.64. The number of halogens is 10. The molecule has 0 saturated carbocycles. The molecule has 1 saturated heterocycles. The van der Waals surface area contributed by atoms with Gasteiger partial charge in [0, 0.05) is 0 Å². The maximum absolute atomic E-state index is 13.2. The zero-order valence-corrected chi connectivity index (χ0v) is 8.69. The monoisotopic (exact) mass is 314 g/mol. The summed E-state index contributed by atoms with van der Waals surface area (Å²) in [4.78, 5) is 0. The lowest BCUT2D eigenvalue weighted by Gasteiger charge is -2.18. The summed E-state index contributed by atoms with van der Waals surface area (Å²) in [5.41, 5.74) is -7.67. The van der Waals surface area contributed by atoms with Crippen molar-refractivity contribution in [3.8, 4) is 0 Å². The second-order valence-corrected chi connectivity index (χ2v) is 3.74. The summed E-state index contributed by atoms with van der Waals surface area (Å²) in [5.74, 6) is -14.4. The molecule has 0 N–H and O–H groups in total. The van der Waals surface area contributed by atoms with Crippen LogP contribution in [0.25, 0.3) is 0 Å². The van der Waals surface area contributed by atoms with Gasteiger partial charge >= 0.3 is 12.3 Å². The van der Waals surface area contributed by atoms with E-state index < -0.39 is 52.5 Å². The molecule has 1 fully saturated rings. The summed E-state index contributed by atoms with van der Waals surface area (Å²) in [7, 11) is 0. The summed E-state index contributed by atoms with van der Waals surface area (Å²) in [5, 5.41) is 0. The van der Waals surface area contributed by atoms with Gasteiger partial charge in [0.15, 0.2) is 23.3 Å². The van der Waals surface area contributed by atoms with E-state index in [-0.39, 0.29) is 0 Å².